The molecule has 16 heavy (non-hydrogen) atoms. The van der Waals surface area contributed by atoms with Crippen molar-refractivity contribution in [2.75, 3.05) is 18.6 Å². The molecule has 1 heterocycles. The van der Waals surface area contributed by atoms with Crippen molar-refractivity contribution >= 4 is 23.5 Å². The van der Waals surface area contributed by atoms with Crippen LogP contribution in [-0.2, 0) is 5.75 Å². The maximum absolute atomic E-state index is 3.65. The standard InChI is InChI=1S/C13H19NS2/c1-3-6-14-13-9-16-8-10-4-5-11(15-2)7-12(10)13/h4-5,7,13-14H,3,6,8-9H2,1-2H3. The molecule has 1 aliphatic rings. The Kier molecular flexibility index (Phi) is 4.62. The van der Waals surface area contributed by atoms with E-state index in [0.29, 0.717) is 6.04 Å². The van der Waals surface area contributed by atoms with Crippen LogP contribution in [0.3, 0.4) is 0 Å². The van der Waals surface area contributed by atoms with Crippen LogP contribution >= 0.6 is 23.5 Å². The predicted octanol–water partition coefficient (Wildman–Crippen LogP) is 3.70. The number of thioether (sulfide) groups is 2. The molecule has 0 saturated carbocycles. The molecule has 88 valence electrons. The van der Waals surface area contributed by atoms with Crippen LogP contribution < -0.4 is 5.32 Å². The number of nitrogens with one attached hydrogen (secondary N) is 1. The Hall–Kier alpha value is -0.120. The highest BCUT2D eigenvalue weighted by atomic mass is 32.2. The van der Waals surface area contributed by atoms with Gasteiger partial charge >= 0.3 is 0 Å². The molecule has 1 N–H and O–H groups in total. The topological polar surface area (TPSA) is 12.0 Å². The van der Waals surface area contributed by atoms with Crippen LogP contribution in [0.2, 0.25) is 0 Å². The fraction of sp³-hybridized carbons (Fsp3) is 0.538. The number of benzene rings is 1. The Morgan fingerprint density at radius 3 is 3.12 bits per heavy atom. The van der Waals surface area contributed by atoms with Crippen LogP contribution in [0.15, 0.2) is 23.1 Å². The Morgan fingerprint density at radius 1 is 1.50 bits per heavy atom. The summed E-state index contributed by atoms with van der Waals surface area (Å²) >= 11 is 3.87. The lowest BCUT2D eigenvalue weighted by molar-refractivity contribution is 0.570. The second kappa shape index (κ2) is 5.99. The van der Waals surface area contributed by atoms with E-state index in [0.717, 1.165) is 6.54 Å². The Labute approximate surface area is 107 Å². The van der Waals surface area contributed by atoms with Crippen molar-refractivity contribution in [2.24, 2.45) is 0 Å². The van der Waals surface area contributed by atoms with Crippen LogP contribution in [0.25, 0.3) is 0 Å². The summed E-state index contributed by atoms with van der Waals surface area (Å²) in [7, 11) is 0. The number of fused-ring (bicyclic) bond motifs is 1. The van der Waals surface area contributed by atoms with Crippen molar-refractivity contribution in [3.05, 3.63) is 29.3 Å². The van der Waals surface area contributed by atoms with Gasteiger partial charge in [-0.1, -0.05) is 13.0 Å². The molecule has 0 aliphatic carbocycles. The minimum Gasteiger partial charge on any atom is -0.309 e. The van der Waals surface area contributed by atoms with E-state index < -0.39 is 0 Å². The second-order valence-corrected chi connectivity index (χ2v) is 6.00. The van der Waals surface area contributed by atoms with Gasteiger partial charge in [0.05, 0.1) is 0 Å². The summed E-state index contributed by atoms with van der Waals surface area (Å²) in [6, 6.07) is 7.47. The lowest BCUT2D eigenvalue weighted by Crippen LogP contribution is -2.27. The van der Waals surface area contributed by atoms with E-state index in [1.165, 1.54) is 33.9 Å². The third-order valence-electron chi connectivity index (χ3n) is 2.91. The molecule has 1 aromatic carbocycles. The van der Waals surface area contributed by atoms with Gasteiger partial charge < -0.3 is 5.32 Å². The van der Waals surface area contributed by atoms with Crippen LogP contribution in [0.5, 0.6) is 0 Å². The van der Waals surface area contributed by atoms with E-state index in [-0.39, 0.29) is 0 Å². The number of hydrogen-bond donors (Lipinski definition) is 1. The fourth-order valence-electron chi connectivity index (χ4n) is 2.02. The Morgan fingerprint density at radius 2 is 2.38 bits per heavy atom. The summed E-state index contributed by atoms with van der Waals surface area (Å²) in [6.07, 6.45) is 3.35. The average molecular weight is 253 g/mol. The van der Waals surface area contributed by atoms with Gasteiger partial charge in [-0.05, 0) is 42.5 Å². The first-order chi connectivity index (χ1) is 7.85. The maximum atomic E-state index is 3.65. The molecule has 1 aromatic rings. The number of hydrogen-bond acceptors (Lipinski definition) is 3. The summed E-state index contributed by atoms with van der Waals surface area (Å²) in [5.41, 5.74) is 3.04. The van der Waals surface area contributed by atoms with E-state index in [4.69, 9.17) is 0 Å². The molecule has 1 aliphatic heterocycles. The summed E-state index contributed by atoms with van der Waals surface area (Å²) < 4.78 is 0. The van der Waals surface area contributed by atoms with Gasteiger partial charge in [-0.3, -0.25) is 0 Å². The smallest absolute Gasteiger partial charge is 0.0415 e. The monoisotopic (exact) mass is 253 g/mol. The average Bonchev–Trinajstić information content (AvgIpc) is 2.35. The van der Waals surface area contributed by atoms with Crippen LogP contribution in [-0.4, -0.2) is 18.6 Å². The van der Waals surface area contributed by atoms with E-state index >= 15 is 0 Å². The van der Waals surface area contributed by atoms with E-state index in [1.54, 1.807) is 0 Å². The zero-order valence-corrected chi connectivity index (χ0v) is 11.6. The highest BCUT2D eigenvalue weighted by molar-refractivity contribution is 7.98. The van der Waals surface area contributed by atoms with Crippen molar-refractivity contribution in [1.29, 1.82) is 0 Å². The molecule has 0 fully saturated rings. The van der Waals surface area contributed by atoms with Crippen molar-refractivity contribution in [3.8, 4) is 0 Å². The summed E-state index contributed by atoms with van der Waals surface area (Å²) in [6.45, 7) is 3.34. The van der Waals surface area contributed by atoms with Crippen molar-refractivity contribution in [2.45, 2.75) is 30.0 Å². The molecule has 0 radical (unpaired) electrons. The van der Waals surface area contributed by atoms with Crippen LogP contribution in [0.1, 0.15) is 30.5 Å². The molecule has 0 amide bonds. The van der Waals surface area contributed by atoms with Gasteiger partial charge in [0, 0.05) is 22.4 Å². The molecule has 1 atom stereocenters. The molecule has 1 nitrogen and oxygen atoms in total. The fourth-order valence-corrected chi connectivity index (χ4v) is 3.60. The van der Waals surface area contributed by atoms with Crippen molar-refractivity contribution in [1.82, 2.24) is 5.32 Å². The van der Waals surface area contributed by atoms with E-state index in [1.807, 2.05) is 23.5 Å². The summed E-state index contributed by atoms with van der Waals surface area (Å²) in [4.78, 5) is 1.38. The quantitative estimate of drug-likeness (QED) is 0.822. The van der Waals surface area contributed by atoms with Gasteiger partial charge in [0.2, 0.25) is 0 Å². The van der Waals surface area contributed by atoms with Gasteiger partial charge in [-0.2, -0.15) is 11.8 Å². The summed E-state index contributed by atoms with van der Waals surface area (Å²) in [5, 5.41) is 3.65. The first-order valence-electron chi connectivity index (χ1n) is 5.83. The van der Waals surface area contributed by atoms with Crippen molar-refractivity contribution in [3.63, 3.8) is 0 Å². The molecular weight excluding hydrogens is 234 g/mol. The lowest BCUT2D eigenvalue weighted by Gasteiger charge is -2.26. The van der Waals surface area contributed by atoms with Crippen molar-refractivity contribution < 1.29 is 0 Å². The molecule has 2 rings (SSSR count). The Balaban J connectivity index is 2.21. The van der Waals surface area contributed by atoms with E-state index in [9.17, 15) is 0 Å². The molecule has 0 bridgehead atoms. The van der Waals surface area contributed by atoms with Gasteiger partial charge in [-0.25, -0.2) is 0 Å². The minimum absolute atomic E-state index is 0.556. The van der Waals surface area contributed by atoms with E-state index in [2.05, 4.69) is 36.7 Å². The highest BCUT2D eigenvalue weighted by Crippen LogP contribution is 2.33. The zero-order chi connectivity index (χ0) is 11.4. The van der Waals surface area contributed by atoms with Crippen LogP contribution in [0, 0.1) is 0 Å². The third-order valence-corrected chi connectivity index (χ3v) is 4.72. The highest BCUT2D eigenvalue weighted by Gasteiger charge is 2.19. The molecule has 0 aromatic heterocycles. The SMILES string of the molecule is CCCNC1CSCc2ccc(SC)cc21. The van der Waals surface area contributed by atoms with Gasteiger partial charge in [-0.15, -0.1) is 11.8 Å². The van der Waals surface area contributed by atoms with Gasteiger partial charge in [0.25, 0.3) is 0 Å². The van der Waals surface area contributed by atoms with Gasteiger partial charge in [0.1, 0.15) is 0 Å². The maximum Gasteiger partial charge on any atom is 0.0415 e. The lowest BCUT2D eigenvalue weighted by atomic mass is 10.0. The normalized spacial score (nSPS) is 19.5. The van der Waals surface area contributed by atoms with Gasteiger partial charge in [0.15, 0.2) is 0 Å². The third kappa shape index (κ3) is 2.76. The largest absolute Gasteiger partial charge is 0.309 e. The molecule has 0 saturated heterocycles. The zero-order valence-electron chi connectivity index (χ0n) is 9.95. The Bertz CT molecular complexity index is 352. The first kappa shape index (κ1) is 12.3. The molecule has 0 spiro atoms. The summed E-state index contributed by atoms with van der Waals surface area (Å²) in [5.74, 6) is 2.39. The predicted molar refractivity (Wildman–Crippen MR) is 75.4 cm³/mol. The molecule has 3 heteroatoms. The minimum atomic E-state index is 0.556. The molecule has 1 unspecified atom stereocenters. The number of rotatable bonds is 4. The second-order valence-electron chi connectivity index (χ2n) is 4.09. The first-order valence-corrected chi connectivity index (χ1v) is 8.21. The molecular formula is C13H19NS2. The van der Waals surface area contributed by atoms with Crippen LogP contribution in [0.4, 0.5) is 0 Å².